The zero-order valence-corrected chi connectivity index (χ0v) is 23.1. The molecule has 4 rings (SSSR count). The fraction of sp³-hybridized carbons (Fsp3) is 0.367. The van der Waals surface area contributed by atoms with E-state index >= 15 is 0 Å². The van der Waals surface area contributed by atoms with Crippen molar-refractivity contribution in [2.75, 3.05) is 13.1 Å². The van der Waals surface area contributed by atoms with Gasteiger partial charge in [-0.3, -0.25) is 14.4 Å². The van der Waals surface area contributed by atoms with Crippen LogP contribution >= 0.6 is 0 Å². The molecular weight excluding hydrogens is 526 g/mol. The lowest BCUT2D eigenvalue weighted by molar-refractivity contribution is -0.139. The zero-order chi connectivity index (χ0) is 29.7. The molecule has 11 heteroatoms. The summed E-state index contributed by atoms with van der Waals surface area (Å²) in [6, 6.07) is 13.9. The number of nitrogens with zero attached hydrogens (tertiary/aromatic N) is 3. The minimum atomic E-state index is -1.12. The molecule has 2 aromatic rings. The molecule has 2 heterocycles. The number of aliphatic hydroxyl groups excluding tert-OH is 1. The van der Waals surface area contributed by atoms with E-state index in [9.17, 15) is 19.5 Å². The molecule has 2 aliphatic rings. The number of para-hydroxylation sites is 1. The van der Waals surface area contributed by atoms with Crippen molar-refractivity contribution in [2.45, 2.75) is 51.4 Å². The summed E-state index contributed by atoms with van der Waals surface area (Å²) in [4.78, 5) is 44.9. The Labute approximate surface area is 238 Å². The van der Waals surface area contributed by atoms with Crippen LogP contribution in [0.4, 0.5) is 5.69 Å². The van der Waals surface area contributed by atoms with Crippen molar-refractivity contribution in [1.82, 2.24) is 10.2 Å². The SMILES string of the molecule is C=C(O)C(NC(=O)C1=Nc2ccccc2C1C)OC1CCN(C(=O)C(C)CC(=O)c2ccc(/C(N)=N/O)cc2)CC1. The van der Waals surface area contributed by atoms with Crippen molar-refractivity contribution in [1.29, 1.82) is 0 Å². The van der Waals surface area contributed by atoms with Gasteiger partial charge in [0.1, 0.15) is 11.5 Å². The Morgan fingerprint density at radius 1 is 1.15 bits per heavy atom. The van der Waals surface area contributed by atoms with Gasteiger partial charge in [-0.2, -0.15) is 0 Å². The highest BCUT2D eigenvalue weighted by Crippen LogP contribution is 2.35. The molecule has 0 aliphatic carbocycles. The highest BCUT2D eigenvalue weighted by atomic mass is 16.5. The monoisotopic (exact) mass is 561 g/mol. The van der Waals surface area contributed by atoms with E-state index in [1.165, 1.54) is 0 Å². The third-order valence-electron chi connectivity index (χ3n) is 7.46. The Bertz CT molecular complexity index is 1380. The lowest BCUT2D eigenvalue weighted by atomic mass is 9.96. The average molecular weight is 562 g/mol. The van der Waals surface area contributed by atoms with Crippen LogP contribution < -0.4 is 11.1 Å². The van der Waals surface area contributed by atoms with E-state index in [0.717, 1.165) is 11.3 Å². The maximum atomic E-state index is 13.0. The number of rotatable bonds is 10. The Kier molecular flexibility index (Phi) is 9.18. The van der Waals surface area contributed by atoms with Gasteiger partial charge >= 0.3 is 0 Å². The minimum Gasteiger partial charge on any atom is -0.508 e. The first-order chi connectivity index (χ1) is 19.6. The number of nitrogens with two attached hydrogens (primary N) is 1. The molecule has 0 aromatic heterocycles. The molecule has 11 nitrogen and oxygen atoms in total. The van der Waals surface area contributed by atoms with Gasteiger partial charge in [-0.15, -0.1) is 0 Å². The molecule has 216 valence electrons. The summed E-state index contributed by atoms with van der Waals surface area (Å²) in [5.74, 6) is -1.85. The van der Waals surface area contributed by atoms with E-state index in [1.807, 2.05) is 31.2 Å². The summed E-state index contributed by atoms with van der Waals surface area (Å²) in [6.45, 7) is 7.99. The van der Waals surface area contributed by atoms with Crippen molar-refractivity contribution < 1.29 is 29.4 Å². The van der Waals surface area contributed by atoms with Crippen LogP contribution in [-0.4, -0.2) is 69.8 Å². The van der Waals surface area contributed by atoms with Crippen LogP contribution in [0.15, 0.2) is 71.0 Å². The van der Waals surface area contributed by atoms with Crippen LogP contribution in [0.5, 0.6) is 0 Å². The maximum absolute atomic E-state index is 13.0. The molecule has 2 aromatic carbocycles. The molecule has 0 saturated carbocycles. The van der Waals surface area contributed by atoms with Crippen LogP contribution in [0.2, 0.25) is 0 Å². The second kappa shape index (κ2) is 12.8. The molecule has 1 fully saturated rings. The third-order valence-corrected chi connectivity index (χ3v) is 7.46. The number of benzene rings is 2. The molecule has 3 unspecified atom stereocenters. The average Bonchev–Trinajstić information content (AvgIpc) is 3.32. The Hall–Kier alpha value is -4.51. The quantitative estimate of drug-likeness (QED) is 0.0656. The van der Waals surface area contributed by atoms with Gasteiger partial charge in [0.25, 0.3) is 5.91 Å². The number of hydrogen-bond acceptors (Lipinski definition) is 8. The number of amides is 2. The van der Waals surface area contributed by atoms with Gasteiger partial charge in [0.2, 0.25) is 5.91 Å². The summed E-state index contributed by atoms with van der Waals surface area (Å²) in [5.41, 5.74) is 8.52. The van der Waals surface area contributed by atoms with Crippen LogP contribution in [0.1, 0.15) is 60.5 Å². The van der Waals surface area contributed by atoms with E-state index in [0.29, 0.717) is 42.8 Å². The Morgan fingerprint density at radius 2 is 1.78 bits per heavy atom. The number of likely N-dealkylation sites (tertiary alicyclic amines) is 1. The number of ketones is 1. The fourth-order valence-corrected chi connectivity index (χ4v) is 5.05. The number of aliphatic imine (C=N–C) groups is 1. The van der Waals surface area contributed by atoms with Gasteiger partial charge in [0.15, 0.2) is 17.8 Å². The first-order valence-electron chi connectivity index (χ1n) is 13.5. The number of nitrogens with one attached hydrogen (secondary N) is 1. The molecule has 0 spiro atoms. The van der Waals surface area contributed by atoms with Crippen LogP contribution in [0.3, 0.4) is 0 Å². The summed E-state index contributed by atoms with van der Waals surface area (Å²) >= 11 is 0. The number of fused-ring (bicyclic) bond motifs is 1. The number of carbonyl (C=O) groups is 3. The number of Topliss-reactive ketones (excluding diaryl/α,β-unsaturated/α-hetero) is 1. The molecule has 1 saturated heterocycles. The van der Waals surface area contributed by atoms with Crippen molar-refractivity contribution in [2.24, 2.45) is 21.8 Å². The van der Waals surface area contributed by atoms with E-state index in [1.54, 1.807) is 36.1 Å². The number of oxime groups is 1. The molecule has 2 amide bonds. The second-order valence-corrected chi connectivity index (χ2v) is 10.4. The molecule has 0 radical (unpaired) electrons. The van der Waals surface area contributed by atoms with Crippen LogP contribution in [0.25, 0.3) is 0 Å². The van der Waals surface area contributed by atoms with Gasteiger partial charge in [-0.25, -0.2) is 4.99 Å². The topological polar surface area (TPSA) is 167 Å². The summed E-state index contributed by atoms with van der Waals surface area (Å²) in [6.07, 6.45) is -0.411. The van der Waals surface area contributed by atoms with Crippen LogP contribution in [-0.2, 0) is 14.3 Å². The predicted molar refractivity (Wildman–Crippen MR) is 153 cm³/mol. The molecular formula is C30H35N5O6. The standard InChI is InChI=1S/C30H35N5O6/c1-17(16-25(37)20-8-10-21(11-9-20)27(31)34-40)30(39)35-14-12-22(13-15-35)41-29(19(3)36)33-28(38)26-18(2)23-6-4-5-7-24(23)32-26/h4-11,17-18,22,29,36,40H,3,12-16H2,1-2H3,(H2,31,34)(H,33,38). The highest BCUT2D eigenvalue weighted by Gasteiger charge is 2.33. The number of hydrogen-bond donors (Lipinski definition) is 4. The molecule has 3 atom stereocenters. The Balaban J connectivity index is 1.27. The van der Waals surface area contributed by atoms with Crippen molar-refractivity contribution in [3.05, 3.63) is 77.6 Å². The third kappa shape index (κ3) is 6.80. The largest absolute Gasteiger partial charge is 0.508 e. The van der Waals surface area contributed by atoms with E-state index in [-0.39, 0.29) is 41.7 Å². The molecule has 0 bridgehead atoms. The lowest BCUT2D eigenvalue weighted by Crippen LogP contribution is -2.48. The van der Waals surface area contributed by atoms with E-state index in [4.69, 9.17) is 15.7 Å². The number of amidine groups is 1. The number of piperidine rings is 1. The lowest BCUT2D eigenvalue weighted by Gasteiger charge is -2.35. The minimum absolute atomic E-state index is 0.0444. The fourth-order valence-electron chi connectivity index (χ4n) is 5.05. The molecule has 2 aliphatic heterocycles. The summed E-state index contributed by atoms with van der Waals surface area (Å²) < 4.78 is 5.98. The normalized spacial score (nSPS) is 18.7. The van der Waals surface area contributed by atoms with Crippen molar-refractivity contribution in [3.8, 4) is 0 Å². The van der Waals surface area contributed by atoms with Crippen LogP contribution in [0, 0.1) is 5.92 Å². The summed E-state index contributed by atoms with van der Waals surface area (Å²) in [5, 5.41) is 24.5. The van der Waals surface area contributed by atoms with Crippen molar-refractivity contribution >= 4 is 34.8 Å². The second-order valence-electron chi connectivity index (χ2n) is 10.4. The van der Waals surface area contributed by atoms with Gasteiger partial charge in [0.05, 0.1) is 11.8 Å². The van der Waals surface area contributed by atoms with Crippen molar-refractivity contribution in [3.63, 3.8) is 0 Å². The first kappa shape index (κ1) is 29.5. The van der Waals surface area contributed by atoms with Gasteiger partial charge in [-0.05, 0) is 24.5 Å². The predicted octanol–water partition coefficient (Wildman–Crippen LogP) is 3.40. The first-order valence-corrected chi connectivity index (χ1v) is 13.5. The number of ether oxygens (including phenoxy) is 1. The Morgan fingerprint density at radius 3 is 2.39 bits per heavy atom. The zero-order valence-electron chi connectivity index (χ0n) is 23.1. The highest BCUT2D eigenvalue weighted by molar-refractivity contribution is 6.42. The number of carbonyl (C=O) groups excluding carboxylic acids is 3. The summed E-state index contributed by atoms with van der Waals surface area (Å²) in [7, 11) is 0. The number of aliphatic hydroxyl groups is 1. The molecule has 5 N–H and O–H groups in total. The van der Waals surface area contributed by atoms with Gasteiger partial charge < -0.3 is 31.0 Å². The maximum Gasteiger partial charge on any atom is 0.268 e. The van der Waals surface area contributed by atoms with E-state index in [2.05, 4.69) is 22.0 Å². The van der Waals surface area contributed by atoms with E-state index < -0.39 is 18.1 Å². The molecule has 41 heavy (non-hydrogen) atoms. The van der Waals surface area contributed by atoms with Gasteiger partial charge in [-0.1, -0.05) is 68.0 Å². The van der Waals surface area contributed by atoms with Gasteiger partial charge in [0, 0.05) is 42.5 Å². The smallest absolute Gasteiger partial charge is 0.268 e.